The van der Waals surface area contributed by atoms with Gasteiger partial charge < -0.3 is 28.4 Å². The largest absolute Gasteiger partial charge is 0.452 e. The Labute approximate surface area is 231 Å². The van der Waals surface area contributed by atoms with Crippen molar-refractivity contribution in [3.8, 4) is 0 Å². The van der Waals surface area contributed by atoms with Gasteiger partial charge in [-0.1, -0.05) is 72.8 Å². The molecular weight excluding hydrogens is 512 g/mol. The molecule has 8 heteroatoms. The summed E-state index contributed by atoms with van der Waals surface area (Å²) < 4.78 is 36.1. The number of carbonyl (C=O) groups excluding carboxylic acids is 2. The molecule has 2 aliphatic heterocycles. The van der Waals surface area contributed by atoms with Crippen molar-refractivity contribution in [3.05, 3.63) is 120 Å². The van der Waals surface area contributed by atoms with E-state index in [9.17, 15) is 9.59 Å². The Balaban J connectivity index is 1.32. The molecule has 2 fully saturated rings. The van der Waals surface area contributed by atoms with Gasteiger partial charge in [-0.2, -0.15) is 0 Å². The summed E-state index contributed by atoms with van der Waals surface area (Å²) in [6, 6.07) is 31.1. The van der Waals surface area contributed by atoms with Crippen LogP contribution in [-0.2, 0) is 28.4 Å². The highest BCUT2D eigenvalue weighted by atomic mass is 16.8. The van der Waals surface area contributed by atoms with Crippen molar-refractivity contribution in [2.75, 3.05) is 13.7 Å². The summed E-state index contributed by atoms with van der Waals surface area (Å²) in [6.45, 7) is 0.154. The van der Waals surface area contributed by atoms with Crippen LogP contribution in [0.25, 0.3) is 10.8 Å². The zero-order valence-electron chi connectivity index (χ0n) is 21.8. The summed E-state index contributed by atoms with van der Waals surface area (Å²) in [6.07, 6.45) is -5.37. The normalized spacial score (nSPS) is 26.0. The molecule has 2 aliphatic rings. The van der Waals surface area contributed by atoms with Gasteiger partial charge in [0.15, 0.2) is 24.8 Å². The average Bonchev–Trinajstić information content (AvgIpc) is 3.02. The minimum atomic E-state index is -1.11. The lowest BCUT2D eigenvalue weighted by atomic mass is 9.96. The number of methoxy groups -OCH3 is 1. The van der Waals surface area contributed by atoms with E-state index in [0.717, 1.165) is 16.3 Å². The fourth-order valence-corrected chi connectivity index (χ4v) is 5.05. The molecule has 1 unspecified atom stereocenters. The summed E-state index contributed by atoms with van der Waals surface area (Å²) in [7, 11) is 1.44. The van der Waals surface area contributed by atoms with Crippen LogP contribution in [0.5, 0.6) is 0 Å². The van der Waals surface area contributed by atoms with Crippen LogP contribution >= 0.6 is 0 Å². The maximum absolute atomic E-state index is 13.3. The number of hydrogen-bond acceptors (Lipinski definition) is 8. The summed E-state index contributed by atoms with van der Waals surface area (Å²) in [5, 5.41) is 2.13. The van der Waals surface area contributed by atoms with Gasteiger partial charge in [0.25, 0.3) is 0 Å². The molecule has 0 N–H and O–H groups in total. The van der Waals surface area contributed by atoms with Crippen LogP contribution in [0, 0.1) is 0 Å². The van der Waals surface area contributed by atoms with Gasteiger partial charge >= 0.3 is 11.9 Å². The Morgan fingerprint density at radius 1 is 0.700 bits per heavy atom. The van der Waals surface area contributed by atoms with Crippen LogP contribution in [0.15, 0.2) is 103 Å². The van der Waals surface area contributed by atoms with Crippen molar-refractivity contribution < 1.29 is 38.0 Å². The summed E-state index contributed by atoms with van der Waals surface area (Å²) >= 11 is 0. The van der Waals surface area contributed by atoms with E-state index in [2.05, 4.69) is 0 Å². The van der Waals surface area contributed by atoms with Gasteiger partial charge in [0, 0.05) is 12.7 Å². The Morgan fingerprint density at radius 2 is 1.30 bits per heavy atom. The standard InChI is InChI=1S/C32H28O8/c1-35-32-28(39-30(34)22-13-6-3-7-14-22)27(38-29(33)21-11-4-2-5-12-21)26-25(37-32)19-36-31(40-26)24-17-16-20-10-8-9-15-23(20)18-24/h2-18,25-28,31-32H,19H2,1H3/t25-,26-,27+,28-,31?,32+/m1/s1. The third-order valence-corrected chi connectivity index (χ3v) is 7.07. The maximum atomic E-state index is 13.3. The van der Waals surface area contributed by atoms with E-state index in [0.29, 0.717) is 11.1 Å². The second-order valence-electron chi connectivity index (χ2n) is 9.62. The van der Waals surface area contributed by atoms with Gasteiger partial charge in [-0.05, 0) is 41.1 Å². The van der Waals surface area contributed by atoms with Crippen molar-refractivity contribution in [3.63, 3.8) is 0 Å². The average molecular weight is 541 g/mol. The number of ether oxygens (including phenoxy) is 6. The second-order valence-corrected chi connectivity index (χ2v) is 9.62. The highest BCUT2D eigenvalue weighted by Crippen LogP contribution is 2.37. The molecule has 0 radical (unpaired) electrons. The highest BCUT2D eigenvalue weighted by molar-refractivity contribution is 5.90. The van der Waals surface area contributed by atoms with Crippen molar-refractivity contribution in [2.45, 2.75) is 37.0 Å². The number of rotatable bonds is 6. The first-order valence-corrected chi connectivity index (χ1v) is 13.1. The molecule has 2 saturated heterocycles. The first-order chi connectivity index (χ1) is 19.6. The van der Waals surface area contributed by atoms with E-state index in [4.69, 9.17) is 28.4 Å². The van der Waals surface area contributed by atoms with E-state index in [1.54, 1.807) is 54.6 Å². The Bertz CT molecular complexity index is 1470. The van der Waals surface area contributed by atoms with Gasteiger partial charge in [0.05, 0.1) is 17.7 Å². The van der Waals surface area contributed by atoms with Crippen molar-refractivity contribution in [1.82, 2.24) is 0 Å². The van der Waals surface area contributed by atoms with Crippen molar-refractivity contribution >= 4 is 22.7 Å². The monoisotopic (exact) mass is 540 g/mol. The summed E-state index contributed by atoms with van der Waals surface area (Å²) in [5.74, 6) is -1.19. The first-order valence-electron chi connectivity index (χ1n) is 13.1. The minimum Gasteiger partial charge on any atom is -0.452 e. The fourth-order valence-electron chi connectivity index (χ4n) is 5.05. The lowest BCUT2D eigenvalue weighted by Crippen LogP contribution is -2.64. The predicted molar refractivity (Wildman–Crippen MR) is 144 cm³/mol. The van der Waals surface area contributed by atoms with Crippen LogP contribution < -0.4 is 0 Å². The molecule has 0 amide bonds. The molecule has 4 aromatic rings. The SMILES string of the molecule is CO[C@H]1O[C@@H]2COC(c3ccc4ccccc4c3)O[C@H]2[C@H](OC(=O)c2ccccc2)[C@H]1OC(=O)c1ccccc1. The molecule has 4 aromatic carbocycles. The molecule has 6 rings (SSSR count). The molecule has 0 bridgehead atoms. The van der Waals surface area contributed by atoms with Crippen molar-refractivity contribution in [1.29, 1.82) is 0 Å². The van der Waals surface area contributed by atoms with E-state index in [1.165, 1.54) is 7.11 Å². The van der Waals surface area contributed by atoms with E-state index in [1.807, 2.05) is 48.5 Å². The molecule has 0 aliphatic carbocycles. The van der Waals surface area contributed by atoms with Gasteiger partial charge in [0.1, 0.15) is 12.2 Å². The topological polar surface area (TPSA) is 89.5 Å². The van der Waals surface area contributed by atoms with Crippen LogP contribution in [0.3, 0.4) is 0 Å². The van der Waals surface area contributed by atoms with Crippen LogP contribution in [0.2, 0.25) is 0 Å². The molecular formula is C32H28O8. The smallest absolute Gasteiger partial charge is 0.338 e. The Morgan fingerprint density at radius 3 is 1.95 bits per heavy atom. The van der Waals surface area contributed by atoms with E-state index in [-0.39, 0.29) is 6.61 Å². The van der Waals surface area contributed by atoms with Crippen LogP contribution in [-0.4, -0.2) is 56.4 Å². The first kappa shape index (κ1) is 26.2. The number of esters is 2. The number of hydrogen-bond donors (Lipinski definition) is 0. The second kappa shape index (κ2) is 11.6. The summed E-state index contributed by atoms with van der Waals surface area (Å²) in [5.41, 5.74) is 1.50. The number of benzene rings is 4. The lowest BCUT2D eigenvalue weighted by molar-refractivity contribution is -0.356. The van der Waals surface area contributed by atoms with Gasteiger partial charge in [-0.3, -0.25) is 0 Å². The van der Waals surface area contributed by atoms with E-state index < -0.39 is 48.9 Å². The quantitative estimate of drug-likeness (QED) is 0.313. The van der Waals surface area contributed by atoms with Crippen LogP contribution in [0.4, 0.5) is 0 Å². The van der Waals surface area contributed by atoms with Gasteiger partial charge in [-0.15, -0.1) is 0 Å². The zero-order valence-corrected chi connectivity index (χ0v) is 21.8. The Hall–Kier alpha value is -4.08. The van der Waals surface area contributed by atoms with Gasteiger partial charge in [0.2, 0.25) is 0 Å². The molecule has 2 heterocycles. The molecule has 40 heavy (non-hydrogen) atoms. The molecule has 204 valence electrons. The zero-order chi connectivity index (χ0) is 27.5. The molecule has 0 aromatic heterocycles. The number of fused-ring (bicyclic) bond motifs is 2. The third kappa shape index (κ3) is 5.35. The Kier molecular flexibility index (Phi) is 7.57. The highest BCUT2D eigenvalue weighted by Gasteiger charge is 2.54. The third-order valence-electron chi connectivity index (χ3n) is 7.07. The predicted octanol–water partition coefficient (Wildman–Crippen LogP) is 5.08. The van der Waals surface area contributed by atoms with Gasteiger partial charge in [-0.25, -0.2) is 9.59 Å². The van der Waals surface area contributed by atoms with Crippen LogP contribution in [0.1, 0.15) is 32.6 Å². The summed E-state index contributed by atoms with van der Waals surface area (Å²) in [4.78, 5) is 26.4. The fraction of sp³-hybridized carbons (Fsp3) is 0.250. The lowest BCUT2D eigenvalue weighted by Gasteiger charge is -2.47. The number of carbonyl (C=O) groups is 2. The molecule has 6 atom stereocenters. The maximum Gasteiger partial charge on any atom is 0.338 e. The van der Waals surface area contributed by atoms with E-state index >= 15 is 0 Å². The molecule has 0 spiro atoms. The molecule has 8 nitrogen and oxygen atoms in total. The molecule has 0 saturated carbocycles. The van der Waals surface area contributed by atoms with Crippen molar-refractivity contribution in [2.24, 2.45) is 0 Å². The minimum absolute atomic E-state index is 0.154.